The molecule has 0 radical (unpaired) electrons. The zero-order valence-electron chi connectivity index (χ0n) is 18.6. The first-order chi connectivity index (χ1) is 15.1. The molecule has 1 amide bonds. The number of amides is 1. The second-order valence-electron chi connectivity index (χ2n) is 7.84. The van der Waals surface area contributed by atoms with Crippen LogP contribution in [0.2, 0.25) is 5.02 Å². The smallest absolute Gasteiger partial charge is 0.263 e. The lowest BCUT2D eigenvalue weighted by molar-refractivity contribution is 0.0939. The number of hydrogen-bond acceptors (Lipinski definition) is 3. The molecule has 32 heavy (non-hydrogen) atoms. The lowest BCUT2D eigenvalue weighted by Crippen LogP contribution is -2.27. The van der Waals surface area contributed by atoms with E-state index in [9.17, 15) is 13.2 Å². The van der Waals surface area contributed by atoms with Gasteiger partial charge in [0.2, 0.25) is 0 Å². The summed E-state index contributed by atoms with van der Waals surface area (Å²) in [6.07, 6.45) is 0.944. The van der Waals surface area contributed by atoms with E-state index in [4.69, 9.17) is 11.6 Å². The molecule has 0 aliphatic rings. The molecule has 0 aromatic heterocycles. The minimum atomic E-state index is -3.98. The summed E-state index contributed by atoms with van der Waals surface area (Å²) in [6.45, 7) is 7.82. The largest absolute Gasteiger partial charge is 0.346 e. The molecule has 7 heteroatoms. The topological polar surface area (TPSA) is 75.3 Å². The third kappa shape index (κ3) is 5.50. The summed E-state index contributed by atoms with van der Waals surface area (Å²) in [5.74, 6) is -0.378. The van der Waals surface area contributed by atoms with E-state index in [1.54, 1.807) is 12.1 Å². The molecule has 0 heterocycles. The first-order valence-electron chi connectivity index (χ1n) is 10.4. The third-order valence-electron chi connectivity index (χ3n) is 5.48. The normalized spacial score (nSPS) is 12.3. The monoisotopic (exact) mass is 470 g/mol. The van der Waals surface area contributed by atoms with E-state index in [1.165, 1.54) is 23.8 Å². The molecule has 0 aliphatic heterocycles. The molecule has 0 spiro atoms. The Hall–Kier alpha value is -2.83. The Kier molecular flexibility index (Phi) is 7.26. The van der Waals surface area contributed by atoms with Crippen LogP contribution in [0.4, 0.5) is 5.69 Å². The summed E-state index contributed by atoms with van der Waals surface area (Å²) < 4.78 is 28.5. The number of benzene rings is 3. The van der Waals surface area contributed by atoms with Crippen molar-refractivity contribution in [3.8, 4) is 0 Å². The van der Waals surface area contributed by atoms with Gasteiger partial charge >= 0.3 is 0 Å². The first kappa shape index (κ1) is 23.8. The van der Waals surface area contributed by atoms with Gasteiger partial charge in [0.1, 0.15) is 4.90 Å². The maximum Gasteiger partial charge on any atom is 0.263 e. The van der Waals surface area contributed by atoms with Crippen LogP contribution in [-0.4, -0.2) is 14.3 Å². The minimum Gasteiger partial charge on any atom is -0.346 e. The highest BCUT2D eigenvalue weighted by molar-refractivity contribution is 7.92. The van der Waals surface area contributed by atoms with E-state index in [0.29, 0.717) is 5.69 Å². The van der Waals surface area contributed by atoms with Crippen molar-refractivity contribution in [3.05, 3.63) is 93.5 Å². The van der Waals surface area contributed by atoms with Gasteiger partial charge in [0, 0.05) is 11.3 Å². The summed E-state index contributed by atoms with van der Waals surface area (Å²) in [6, 6.07) is 17.3. The number of halogens is 1. The highest BCUT2D eigenvalue weighted by Crippen LogP contribution is 2.26. The molecule has 3 aromatic rings. The third-order valence-corrected chi connectivity index (χ3v) is 7.34. The lowest BCUT2D eigenvalue weighted by Gasteiger charge is -2.16. The van der Waals surface area contributed by atoms with Crippen LogP contribution >= 0.6 is 11.6 Å². The molecule has 0 saturated carbocycles. The van der Waals surface area contributed by atoms with Crippen LogP contribution in [0.25, 0.3) is 0 Å². The zero-order valence-corrected chi connectivity index (χ0v) is 20.1. The second-order valence-corrected chi connectivity index (χ2v) is 9.90. The number of aryl methyl sites for hydroxylation is 3. The predicted octanol–water partition coefficient (Wildman–Crippen LogP) is 5.81. The van der Waals surface area contributed by atoms with Crippen molar-refractivity contribution in [1.82, 2.24) is 5.32 Å². The summed E-state index contributed by atoms with van der Waals surface area (Å²) in [4.78, 5) is 12.7. The van der Waals surface area contributed by atoms with E-state index in [0.717, 1.165) is 23.1 Å². The molecular weight excluding hydrogens is 444 g/mol. The van der Waals surface area contributed by atoms with E-state index in [1.807, 2.05) is 51.1 Å². The maximum absolute atomic E-state index is 13.0. The predicted molar refractivity (Wildman–Crippen MR) is 130 cm³/mol. The Morgan fingerprint density at radius 2 is 1.66 bits per heavy atom. The van der Waals surface area contributed by atoms with Gasteiger partial charge in [-0.3, -0.25) is 9.52 Å². The lowest BCUT2D eigenvalue weighted by atomic mass is 10.0. The SMILES string of the molecule is CCc1ccc(C(C)NC(=O)c2ccc(Cl)c(S(=O)(=O)Nc3ccc(C)c(C)c3)c2)cc1. The average Bonchev–Trinajstić information content (AvgIpc) is 2.76. The van der Waals surface area contributed by atoms with E-state index >= 15 is 0 Å². The van der Waals surface area contributed by atoms with Crippen LogP contribution in [0, 0.1) is 13.8 Å². The molecule has 0 aliphatic carbocycles. The Labute approximate surface area is 194 Å². The van der Waals surface area contributed by atoms with Crippen molar-refractivity contribution in [2.45, 2.75) is 45.1 Å². The Balaban J connectivity index is 1.81. The molecule has 3 rings (SSSR count). The molecule has 0 bridgehead atoms. The Morgan fingerprint density at radius 1 is 0.969 bits per heavy atom. The summed E-state index contributed by atoms with van der Waals surface area (Å²) >= 11 is 6.19. The highest BCUT2D eigenvalue weighted by Gasteiger charge is 2.21. The molecule has 3 aromatic carbocycles. The number of anilines is 1. The quantitative estimate of drug-likeness (QED) is 0.457. The standard InChI is InChI=1S/C25H27ClN2O3S/c1-5-19-7-9-20(10-8-19)18(4)27-25(29)21-11-13-23(26)24(15-21)32(30,31)28-22-12-6-16(2)17(3)14-22/h6-15,18,28H,5H2,1-4H3,(H,27,29). The maximum atomic E-state index is 13.0. The van der Waals surface area contributed by atoms with Gasteiger partial charge in [0.25, 0.3) is 15.9 Å². The fourth-order valence-corrected chi connectivity index (χ4v) is 4.85. The molecular formula is C25H27ClN2O3S. The molecule has 5 nitrogen and oxygen atoms in total. The average molecular weight is 471 g/mol. The van der Waals surface area contributed by atoms with Gasteiger partial charge in [0.15, 0.2) is 0 Å². The summed E-state index contributed by atoms with van der Waals surface area (Å²) in [7, 11) is -3.98. The minimum absolute atomic E-state index is 0.0427. The summed E-state index contributed by atoms with van der Waals surface area (Å²) in [5, 5.41) is 2.96. The fourth-order valence-electron chi connectivity index (χ4n) is 3.27. The van der Waals surface area contributed by atoms with Gasteiger partial charge in [-0.15, -0.1) is 0 Å². The number of sulfonamides is 1. The molecule has 1 unspecified atom stereocenters. The molecule has 0 saturated heterocycles. The van der Waals surface area contributed by atoms with E-state index in [-0.39, 0.29) is 27.4 Å². The number of rotatable bonds is 7. The van der Waals surface area contributed by atoms with Gasteiger partial charge in [-0.1, -0.05) is 48.9 Å². The van der Waals surface area contributed by atoms with Gasteiger partial charge in [-0.05, 0) is 79.8 Å². The van der Waals surface area contributed by atoms with Crippen LogP contribution in [0.15, 0.2) is 65.6 Å². The Morgan fingerprint density at radius 3 is 2.28 bits per heavy atom. The molecule has 2 N–H and O–H groups in total. The van der Waals surface area contributed by atoms with Gasteiger partial charge in [-0.2, -0.15) is 0 Å². The van der Waals surface area contributed by atoms with Crippen LogP contribution in [0.1, 0.15) is 52.5 Å². The van der Waals surface area contributed by atoms with E-state index in [2.05, 4.69) is 17.0 Å². The second kappa shape index (κ2) is 9.76. The van der Waals surface area contributed by atoms with Crippen LogP contribution < -0.4 is 10.0 Å². The number of hydrogen-bond donors (Lipinski definition) is 2. The molecule has 0 fully saturated rings. The van der Waals surface area contributed by atoms with Crippen molar-refractivity contribution < 1.29 is 13.2 Å². The number of carbonyl (C=O) groups excluding carboxylic acids is 1. The summed E-state index contributed by atoms with van der Waals surface area (Å²) in [5.41, 5.74) is 4.86. The first-order valence-corrected chi connectivity index (χ1v) is 12.3. The van der Waals surface area contributed by atoms with E-state index < -0.39 is 10.0 Å². The van der Waals surface area contributed by atoms with Crippen LogP contribution in [0.3, 0.4) is 0 Å². The van der Waals surface area contributed by atoms with Crippen LogP contribution in [0.5, 0.6) is 0 Å². The highest BCUT2D eigenvalue weighted by atomic mass is 35.5. The van der Waals surface area contributed by atoms with Crippen molar-refractivity contribution in [2.75, 3.05) is 4.72 Å². The van der Waals surface area contributed by atoms with Crippen molar-refractivity contribution in [1.29, 1.82) is 0 Å². The van der Waals surface area contributed by atoms with Gasteiger partial charge < -0.3 is 5.32 Å². The number of carbonyl (C=O) groups is 1. The fraction of sp³-hybridized carbons (Fsp3) is 0.240. The molecule has 1 atom stereocenters. The molecule has 168 valence electrons. The van der Waals surface area contributed by atoms with Gasteiger partial charge in [-0.25, -0.2) is 8.42 Å². The van der Waals surface area contributed by atoms with Crippen molar-refractivity contribution in [2.24, 2.45) is 0 Å². The van der Waals surface area contributed by atoms with Crippen LogP contribution in [-0.2, 0) is 16.4 Å². The van der Waals surface area contributed by atoms with Crippen molar-refractivity contribution in [3.63, 3.8) is 0 Å². The van der Waals surface area contributed by atoms with Crippen molar-refractivity contribution >= 4 is 33.2 Å². The number of nitrogens with one attached hydrogen (secondary N) is 2. The Bertz CT molecular complexity index is 1240. The van der Waals surface area contributed by atoms with Gasteiger partial charge in [0.05, 0.1) is 11.1 Å². The zero-order chi connectivity index (χ0) is 23.5.